The first-order valence-corrected chi connectivity index (χ1v) is 7.67. The van der Waals surface area contributed by atoms with Crippen LogP contribution in [0.4, 0.5) is 5.69 Å². The van der Waals surface area contributed by atoms with E-state index in [1.807, 2.05) is 18.2 Å². The van der Waals surface area contributed by atoms with Gasteiger partial charge in [-0.3, -0.25) is 4.90 Å². The highest BCUT2D eigenvalue weighted by atomic mass is 32.2. The number of fused-ring (bicyclic) bond motifs is 1. The molecule has 1 atom stereocenters. The SMILES string of the molecule is Nc1ccc2c(c1)CN(C1CCS(=O)(=O)C1)C2. The molecule has 5 heteroatoms. The summed E-state index contributed by atoms with van der Waals surface area (Å²) >= 11 is 0. The lowest BCUT2D eigenvalue weighted by molar-refractivity contribution is 0.217. The van der Waals surface area contributed by atoms with Gasteiger partial charge in [-0.05, 0) is 29.7 Å². The smallest absolute Gasteiger partial charge is 0.151 e. The van der Waals surface area contributed by atoms with E-state index in [0.717, 1.165) is 25.2 Å². The average Bonchev–Trinajstić information content (AvgIpc) is 2.80. The van der Waals surface area contributed by atoms with Crippen molar-refractivity contribution < 1.29 is 8.42 Å². The summed E-state index contributed by atoms with van der Waals surface area (Å²) in [4.78, 5) is 2.26. The number of sulfone groups is 1. The normalized spacial score (nSPS) is 27.2. The van der Waals surface area contributed by atoms with Gasteiger partial charge < -0.3 is 5.73 Å². The van der Waals surface area contributed by atoms with E-state index < -0.39 is 9.84 Å². The van der Waals surface area contributed by atoms with Gasteiger partial charge in [-0.15, -0.1) is 0 Å². The molecule has 0 radical (unpaired) electrons. The summed E-state index contributed by atoms with van der Waals surface area (Å²) in [5, 5.41) is 0. The minimum absolute atomic E-state index is 0.189. The van der Waals surface area contributed by atoms with Crippen LogP contribution in [0.5, 0.6) is 0 Å². The van der Waals surface area contributed by atoms with Crippen LogP contribution in [-0.2, 0) is 22.9 Å². The van der Waals surface area contributed by atoms with Gasteiger partial charge in [0.2, 0.25) is 0 Å². The molecule has 4 nitrogen and oxygen atoms in total. The fourth-order valence-corrected chi connectivity index (χ4v) is 4.52. The second-order valence-electron chi connectivity index (χ2n) is 4.99. The number of nitrogen functional groups attached to an aromatic ring is 1. The number of anilines is 1. The third-order valence-corrected chi connectivity index (χ3v) is 5.45. The van der Waals surface area contributed by atoms with Crippen LogP contribution < -0.4 is 5.73 Å². The van der Waals surface area contributed by atoms with Crippen molar-refractivity contribution in [2.45, 2.75) is 25.6 Å². The van der Waals surface area contributed by atoms with Crippen molar-refractivity contribution in [3.8, 4) is 0 Å². The topological polar surface area (TPSA) is 63.4 Å². The van der Waals surface area contributed by atoms with Crippen molar-refractivity contribution in [1.29, 1.82) is 0 Å². The molecule has 92 valence electrons. The minimum Gasteiger partial charge on any atom is -0.399 e. The Labute approximate surface area is 101 Å². The van der Waals surface area contributed by atoms with E-state index in [0.29, 0.717) is 11.5 Å². The summed E-state index contributed by atoms with van der Waals surface area (Å²) in [6, 6.07) is 6.15. The minimum atomic E-state index is -2.79. The van der Waals surface area contributed by atoms with E-state index in [4.69, 9.17) is 5.73 Å². The summed E-state index contributed by atoms with van der Waals surface area (Å²) < 4.78 is 23.0. The lowest BCUT2D eigenvalue weighted by Crippen LogP contribution is -2.31. The molecule has 1 aromatic carbocycles. The van der Waals surface area contributed by atoms with Crippen LogP contribution in [0.15, 0.2) is 18.2 Å². The van der Waals surface area contributed by atoms with Crippen LogP contribution in [0.25, 0.3) is 0 Å². The number of benzene rings is 1. The van der Waals surface area contributed by atoms with Crippen molar-refractivity contribution >= 4 is 15.5 Å². The standard InChI is InChI=1S/C12H16N2O2S/c13-11-2-1-9-6-14(7-10(9)5-11)12-3-4-17(15,16)8-12/h1-2,5,12H,3-4,6-8,13H2. The summed E-state index contributed by atoms with van der Waals surface area (Å²) in [5.41, 5.74) is 9.07. The lowest BCUT2D eigenvalue weighted by Gasteiger charge is -2.21. The molecule has 0 amide bonds. The fourth-order valence-electron chi connectivity index (χ4n) is 2.76. The summed E-state index contributed by atoms with van der Waals surface area (Å²) in [7, 11) is -2.79. The molecular weight excluding hydrogens is 236 g/mol. The Balaban J connectivity index is 1.79. The number of hydrogen-bond acceptors (Lipinski definition) is 4. The first-order chi connectivity index (χ1) is 8.03. The molecule has 17 heavy (non-hydrogen) atoms. The molecule has 1 aromatic rings. The van der Waals surface area contributed by atoms with E-state index >= 15 is 0 Å². The molecule has 2 N–H and O–H groups in total. The Morgan fingerprint density at radius 2 is 2.00 bits per heavy atom. The Bertz CT molecular complexity index is 554. The van der Waals surface area contributed by atoms with Crippen LogP contribution in [-0.4, -0.2) is 30.9 Å². The van der Waals surface area contributed by atoms with Crippen LogP contribution in [0.1, 0.15) is 17.5 Å². The molecule has 2 aliphatic rings. The van der Waals surface area contributed by atoms with Crippen LogP contribution >= 0.6 is 0 Å². The van der Waals surface area contributed by atoms with Crippen molar-refractivity contribution in [3.63, 3.8) is 0 Å². The summed E-state index contributed by atoms with van der Waals surface area (Å²) in [5.74, 6) is 0.656. The van der Waals surface area contributed by atoms with Gasteiger partial charge in [0, 0.05) is 24.8 Å². The van der Waals surface area contributed by atoms with Crippen molar-refractivity contribution in [1.82, 2.24) is 4.90 Å². The molecule has 1 saturated heterocycles. The quantitative estimate of drug-likeness (QED) is 0.750. The van der Waals surface area contributed by atoms with Crippen molar-refractivity contribution in [3.05, 3.63) is 29.3 Å². The van der Waals surface area contributed by atoms with Crippen molar-refractivity contribution in [2.24, 2.45) is 0 Å². The maximum atomic E-state index is 11.5. The molecule has 0 aromatic heterocycles. The van der Waals surface area contributed by atoms with Gasteiger partial charge >= 0.3 is 0 Å². The molecule has 3 rings (SSSR count). The van der Waals surface area contributed by atoms with E-state index in [-0.39, 0.29) is 6.04 Å². The predicted molar refractivity (Wildman–Crippen MR) is 67.2 cm³/mol. The van der Waals surface area contributed by atoms with Gasteiger partial charge in [-0.25, -0.2) is 8.42 Å². The van der Waals surface area contributed by atoms with Gasteiger partial charge in [0.25, 0.3) is 0 Å². The highest BCUT2D eigenvalue weighted by Crippen LogP contribution is 2.29. The first-order valence-electron chi connectivity index (χ1n) is 5.85. The number of nitrogens with two attached hydrogens (primary N) is 1. The summed E-state index contributed by atoms with van der Waals surface area (Å²) in [6.45, 7) is 1.69. The molecule has 1 unspecified atom stereocenters. The lowest BCUT2D eigenvalue weighted by atomic mass is 10.1. The number of hydrogen-bond donors (Lipinski definition) is 1. The Morgan fingerprint density at radius 1 is 1.24 bits per heavy atom. The Kier molecular flexibility index (Phi) is 2.41. The van der Waals surface area contributed by atoms with E-state index in [2.05, 4.69) is 4.90 Å². The zero-order chi connectivity index (χ0) is 12.0. The van der Waals surface area contributed by atoms with Gasteiger partial charge in [-0.1, -0.05) is 6.07 Å². The maximum Gasteiger partial charge on any atom is 0.151 e. The van der Waals surface area contributed by atoms with E-state index in [1.54, 1.807) is 0 Å². The molecule has 1 fully saturated rings. The van der Waals surface area contributed by atoms with Gasteiger partial charge in [0.1, 0.15) is 0 Å². The van der Waals surface area contributed by atoms with Crippen LogP contribution in [0.2, 0.25) is 0 Å². The third-order valence-electron chi connectivity index (χ3n) is 3.70. The number of nitrogens with zero attached hydrogens (tertiary/aromatic N) is 1. The van der Waals surface area contributed by atoms with Crippen LogP contribution in [0.3, 0.4) is 0 Å². The second-order valence-corrected chi connectivity index (χ2v) is 7.22. The Hall–Kier alpha value is -1.07. The molecule has 0 saturated carbocycles. The highest BCUT2D eigenvalue weighted by molar-refractivity contribution is 7.91. The van der Waals surface area contributed by atoms with Gasteiger partial charge in [0.15, 0.2) is 9.84 Å². The zero-order valence-corrected chi connectivity index (χ0v) is 10.4. The fraction of sp³-hybridized carbons (Fsp3) is 0.500. The zero-order valence-electron chi connectivity index (χ0n) is 9.59. The van der Waals surface area contributed by atoms with E-state index in [9.17, 15) is 8.42 Å². The molecule has 0 bridgehead atoms. The van der Waals surface area contributed by atoms with Gasteiger partial charge in [-0.2, -0.15) is 0 Å². The Morgan fingerprint density at radius 3 is 2.71 bits per heavy atom. The average molecular weight is 252 g/mol. The molecular formula is C12H16N2O2S. The van der Waals surface area contributed by atoms with Crippen LogP contribution in [0, 0.1) is 0 Å². The van der Waals surface area contributed by atoms with Crippen molar-refractivity contribution in [2.75, 3.05) is 17.2 Å². The highest BCUT2D eigenvalue weighted by Gasteiger charge is 2.34. The first kappa shape index (κ1) is 11.0. The third kappa shape index (κ3) is 2.05. The number of rotatable bonds is 1. The van der Waals surface area contributed by atoms with Gasteiger partial charge in [0.05, 0.1) is 11.5 Å². The molecule has 2 heterocycles. The predicted octanol–water partition coefficient (Wildman–Crippen LogP) is 0.772. The van der Waals surface area contributed by atoms with E-state index in [1.165, 1.54) is 11.1 Å². The second kappa shape index (κ2) is 3.71. The maximum absolute atomic E-state index is 11.5. The molecule has 2 aliphatic heterocycles. The largest absolute Gasteiger partial charge is 0.399 e. The monoisotopic (exact) mass is 252 g/mol. The molecule has 0 spiro atoms. The summed E-state index contributed by atoms with van der Waals surface area (Å²) in [6.07, 6.45) is 0.770. The molecule has 0 aliphatic carbocycles.